The maximum atomic E-state index is 14.2. The van der Waals surface area contributed by atoms with Crippen molar-refractivity contribution in [1.82, 2.24) is 9.80 Å². The minimum absolute atomic E-state index is 0.177. The van der Waals surface area contributed by atoms with Crippen molar-refractivity contribution in [1.29, 1.82) is 0 Å². The number of rotatable bonds is 4. The van der Waals surface area contributed by atoms with Crippen molar-refractivity contribution in [3.63, 3.8) is 0 Å². The zero-order valence-corrected chi connectivity index (χ0v) is 23.7. The number of benzene rings is 2. The smallest absolute Gasteiger partial charge is 0.410 e. The molecule has 2 aliphatic heterocycles. The highest BCUT2D eigenvalue weighted by Crippen LogP contribution is 2.53. The Morgan fingerprint density at radius 1 is 0.921 bits per heavy atom. The van der Waals surface area contributed by atoms with E-state index < -0.39 is 5.60 Å². The quantitative estimate of drug-likeness (QED) is 0.472. The first-order valence-electron chi connectivity index (χ1n) is 14.3. The molecule has 1 spiro atoms. The van der Waals surface area contributed by atoms with Crippen molar-refractivity contribution in [2.75, 3.05) is 31.1 Å². The summed E-state index contributed by atoms with van der Waals surface area (Å²) in [5.41, 5.74) is 3.18. The lowest BCUT2D eigenvalue weighted by atomic mass is 9.59. The van der Waals surface area contributed by atoms with Gasteiger partial charge in [0.1, 0.15) is 11.6 Å². The lowest BCUT2D eigenvalue weighted by Crippen LogP contribution is -2.62. The van der Waals surface area contributed by atoms with Crippen LogP contribution < -0.4 is 4.90 Å². The Bertz CT molecular complexity index is 1140. The number of hydrogen-bond donors (Lipinski definition) is 0. The monoisotopic (exact) mass is 517 g/mol. The number of para-hydroxylation sites is 1. The van der Waals surface area contributed by atoms with Crippen LogP contribution >= 0.6 is 0 Å². The van der Waals surface area contributed by atoms with Gasteiger partial charge in [0.25, 0.3) is 0 Å². The van der Waals surface area contributed by atoms with E-state index in [4.69, 9.17) is 4.74 Å². The molecular formula is C32H43N3O3. The van der Waals surface area contributed by atoms with Gasteiger partial charge in [-0.3, -0.25) is 9.69 Å². The van der Waals surface area contributed by atoms with Crippen molar-refractivity contribution in [3.05, 3.63) is 65.7 Å². The van der Waals surface area contributed by atoms with Crippen molar-refractivity contribution in [2.45, 2.75) is 83.9 Å². The molecule has 204 valence electrons. The van der Waals surface area contributed by atoms with Crippen LogP contribution in [0.3, 0.4) is 0 Å². The van der Waals surface area contributed by atoms with Gasteiger partial charge in [-0.1, -0.05) is 56.3 Å². The normalized spacial score (nSPS) is 22.6. The SMILES string of the molecule is CC(C)c1ccccc1C1C(=O)N(c2ccccc2)CCN1C1CC2(CCN(C(=O)OC(C)(C)C)CC2)C1. The molecule has 38 heavy (non-hydrogen) atoms. The second-order valence-electron chi connectivity index (χ2n) is 12.8. The van der Waals surface area contributed by atoms with E-state index in [2.05, 4.69) is 43.0 Å². The van der Waals surface area contributed by atoms with Crippen LogP contribution in [0.2, 0.25) is 0 Å². The Morgan fingerprint density at radius 2 is 1.55 bits per heavy atom. The zero-order valence-electron chi connectivity index (χ0n) is 23.7. The molecule has 2 amide bonds. The van der Waals surface area contributed by atoms with Crippen molar-refractivity contribution < 1.29 is 14.3 Å². The molecule has 0 radical (unpaired) electrons. The predicted molar refractivity (Wildman–Crippen MR) is 151 cm³/mol. The zero-order chi connectivity index (χ0) is 27.1. The third-order valence-corrected chi connectivity index (χ3v) is 8.68. The first-order chi connectivity index (χ1) is 18.1. The Labute approximate surface area is 227 Å². The number of carbonyl (C=O) groups excluding carboxylic acids is 2. The molecule has 3 fully saturated rings. The first kappa shape index (κ1) is 26.7. The number of piperidine rings is 1. The van der Waals surface area contributed by atoms with E-state index in [0.717, 1.165) is 56.6 Å². The summed E-state index contributed by atoms with van der Waals surface area (Å²) in [6.07, 6.45) is 4.00. The highest BCUT2D eigenvalue weighted by molar-refractivity contribution is 5.98. The number of nitrogens with zero attached hydrogens (tertiary/aromatic N) is 3. The van der Waals surface area contributed by atoms with Gasteiger partial charge in [-0.2, -0.15) is 0 Å². The fourth-order valence-electron chi connectivity index (χ4n) is 6.67. The molecule has 1 atom stereocenters. The van der Waals surface area contributed by atoms with Gasteiger partial charge >= 0.3 is 6.09 Å². The lowest BCUT2D eigenvalue weighted by molar-refractivity contribution is -0.132. The fourth-order valence-corrected chi connectivity index (χ4v) is 6.67. The molecule has 1 unspecified atom stereocenters. The predicted octanol–water partition coefficient (Wildman–Crippen LogP) is 6.38. The van der Waals surface area contributed by atoms with Crippen LogP contribution in [-0.4, -0.2) is 59.6 Å². The minimum Gasteiger partial charge on any atom is -0.444 e. The molecule has 2 saturated heterocycles. The average molecular weight is 518 g/mol. The molecule has 1 aliphatic carbocycles. The van der Waals surface area contributed by atoms with Crippen LogP contribution in [-0.2, 0) is 9.53 Å². The number of piperazine rings is 1. The molecule has 3 aliphatic rings. The molecule has 6 heteroatoms. The molecule has 0 bridgehead atoms. The van der Waals surface area contributed by atoms with Crippen LogP contribution in [0.4, 0.5) is 10.5 Å². The maximum absolute atomic E-state index is 14.2. The Morgan fingerprint density at radius 3 is 2.18 bits per heavy atom. The summed E-state index contributed by atoms with van der Waals surface area (Å²) in [6.45, 7) is 13.2. The summed E-state index contributed by atoms with van der Waals surface area (Å²) in [7, 11) is 0. The molecule has 6 nitrogen and oxygen atoms in total. The van der Waals surface area contributed by atoms with Gasteiger partial charge in [0.15, 0.2) is 0 Å². The molecule has 2 aromatic rings. The number of ether oxygens (including phenoxy) is 1. The topological polar surface area (TPSA) is 53.1 Å². The van der Waals surface area contributed by atoms with E-state index >= 15 is 0 Å². The van der Waals surface area contributed by atoms with E-state index in [1.165, 1.54) is 5.56 Å². The van der Waals surface area contributed by atoms with E-state index in [1.54, 1.807) is 0 Å². The molecule has 2 aromatic carbocycles. The summed E-state index contributed by atoms with van der Waals surface area (Å²) < 4.78 is 5.60. The maximum Gasteiger partial charge on any atom is 0.410 e. The van der Waals surface area contributed by atoms with Gasteiger partial charge in [0, 0.05) is 37.9 Å². The van der Waals surface area contributed by atoms with Gasteiger partial charge in [0.05, 0.1) is 0 Å². The van der Waals surface area contributed by atoms with Crippen LogP contribution in [0.1, 0.15) is 83.4 Å². The van der Waals surface area contributed by atoms with Crippen LogP contribution in [0.25, 0.3) is 0 Å². The summed E-state index contributed by atoms with van der Waals surface area (Å²) in [6, 6.07) is 18.7. The minimum atomic E-state index is -0.469. The average Bonchev–Trinajstić information content (AvgIpc) is 2.86. The summed E-state index contributed by atoms with van der Waals surface area (Å²) in [5, 5.41) is 0. The third-order valence-electron chi connectivity index (χ3n) is 8.68. The fraction of sp³-hybridized carbons (Fsp3) is 0.562. The van der Waals surface area contributed by atoms with Crippen molar-refractivity contribution in [2.24, 2.45) is 5.41 Å². The number of amides is 2. The lowest BCUT2D eigenvalue weighted by Gasteiger charge is -2.57. The molecule has 0 N–H and O–H groups in total. The van der Waals surface area contributed by atoms with Gasteiger partial charge < -0.3 is 14.5 Å². The number of likely N-dealkylation sites (tertiary alicyclic amines) is 1. The second-order valence-corrected chi connectivity index (χ2v) is 12.8. The molecule has 0 aromatic heterocycles. The van der Waals surface area contributed by atoms with Crippen molar-refractivity contribution in [3.8, 4) is 0 Å². The number of hydrogen-bond acceptors (Lipinski definition) is 4. The van der Waals surface area contributed by atoms with E-state index in [9.17, 15) is 9.59 Å². The highest BCUT2D eigenvalue weighted by Gasteiger charge is 2.52. The standard InChI is InChI=1S/C32H43N3O3/c1-23(2)26-13-9-10-14-27(26)28-29(36)35(24-11-7-6-8-12-24)20-19-34(28)25-21-32(22-25)15-17-33(18-16-32)30(37)38-31(3,4)5/h6-14,23,25,28H,15-22H2,1-5H3. The number of carbonyl (C=O) groups is 2. The summed E-state index contributed by atoms with van der Waals surface area (Å²) in [4.78, 5) is 33.1. The van der Waals surface area contributed by atoms with Gasteiger partial charge in [-0.05, 0) is 81.0 Å². The van der Waals surface area contributed by atoms with Crippen LogP contribution in [0, 0.1) is 5.41 Å². The third kappa shape index (κ3) is 5.33. The summed E-state index contributed by atoms with van der Waals surface area (Å²) in [5.74, 6) is 0.522. The Balaban J connectivity index is 1.33. The van der Waals surface area contributed by atoms with Gasteiger partial charge in [0.2, 0.25) is 5.91 Å². The summed E-state index contributed by atoms with van der Waals surface area (Å²) >= 11 is 0. The molecular weight excluding hydrogens is 474 g/mol. The van der Waals surface area contributed by atoms with E-state index in [0.29, 0.717) is 18.5 Å². The van der Waals surface area contributed by atoms with Gasteiger partial charge in [-0.25, -0.2) is 4.79 Å². The molecule has 5 rings (SSSR count). The van der Waals surface area contributed by atoms with E-state index in [1.807, 2.05) is 60.9 Å². The van der Waals surface area contributed by atoms with Crippen molar-refractivity contribution >= 4 is 17.7 Å². The Hall–Kier alpha value is -2.86. The largest absolute Gasteiger partial charge is 0.444 e. The van der Waals surface area contributed by atoms with E-state index in [-0.39, 0.29) is 23.5 Å². The first-order valence-corrected chi connectivity index (χ1v) is 14.3. The molecule has 2 heterocycles. The molecule has 1 saturated carbocycles. The Kier molecular flexibility index (Phi) is 7.29. The highest BCUT2D eigenvalue weighted by atomic mass is 16.6. The van der Waals surface area contributed by atoms with Crippen LogP contribution in [0.15, 0.2) is 54.6 Å². The van der Waals surface area contributed by atoms with Gasteiger partial charge in [-0.15, -0.1) is 0 Å². The van der Waals surface area contributed by atoms with Crippen LogP contribution in [0.5, 0.6) is 0 Å². The number of anilines is 1. The second kappa shape index (κ2) is 10.4.